The van der Waals surface area contributed by atoms with E-state index in [4.69, 9.17) is 4.74 Å². The molecule has 1 unspecified atom stereocenters. The molecule has 2 aliphatic heterocycles. The molecule has 0 aromatic carbocycles. The zero-order valence-corrected chi connectivity index (χ0v) is 10.8. The van der Waals surface area contributed by atoms with Crippen molar-refractivity contribution < 1.29 is 14.3 Å². The van der Waals surface area contributed by atoms with Crippen molar-refractivity contribution in [3.8, 4) is 0 Å². The number of hydrogen-bond donors (Lipinski definition) is 1. The summed E-state index contributed by atoms with van der Waals surface area (Å²) in [7, 11) is 0. The molecule has 0 amide bonds. The molecule has 96 valence electrons. The monoisotopic (exact) mass is 239 g/mol. The van der Waals surface area contributed by atoms with Crippen LogP contribution in [0.5, 0.6) is 0 Å². The molecule has 4 nitrogen and oxygen atoms in total. The highest BCUT2D eigenvalue weighted by molar-refractivity contribution is 5.81. The number of carbonyl (C=O) groups is 2. The first-order valence-corrected chi connectivity index (χ1v) is 6.34. The van der Waals surface area contributed by atoms with Gasteiger partial charge in [-0.05, 0) is 33.6 Å². The van der Waals surface area contributed by atoms with Crippen molar-refractivity contribution in [1.82, 2.24) is 5.32 Å². The summed E-state index contributed by atoms with van der Waals surface area (Å²) in [5.74, 6) is 0.170. The maximum Gasteiger partial charge on any atom is 0.309 e. The molecule has 0 radical (unpaired) electrons. The number of rotatable bonds is 1. The summed E-state index contributed by atoms with van der Waals surface area (Å²) in [6, 6.07) is 0.347. The van der Waals surface area contributed by atoms with Crippen molar-refractivity contribution in [1.29, 1.82) is 0 Å². The van der Waals surface area contributed by atoms with Crippen molar-refractivity contribution in [3.05, 3.63) is 0 Å². The van der Waals surface area contributed by atoms with E-state index in [2.05, 4.69) is 5.32 Å². The first-order valence-electron chi connectivity index (χ1n) is 6.34. The molecule has 0 spiro atoms. The van der Waals surface area contributed by atoms with Crippen LogP contribution >= 0.6 is 0 Å². The average molecular weight is 239 g/mol. The van der Waals surface area contributed by atoms with Crippen LogP contribution in [-0.4, -0.2) is 29.4 Å². The maximum atomic E-state index is 12.0. The van der Waals surface area contributed by atoms with Crippen LogP contribution in [0, 0.1) is 5.92 Å². The van der Waals surface area contributed by atoms with Crippen LogP contribution in [0.2, 0.25) is 0 Å². The van der Waals surface area contributed by atoms with Crippen LogP contribution in [-0.2, 0) is 14.3 Å². The first kappa shape index (κ1) is 12.6. The van der Waals surface area contributed by atoms with E-state index in [1.54, 1.807) is 0 Å². The Kier molecular flexibility index (Phi) is 3.25. The molecule has 1 N–H and O–H groups in total. The van der Waals surface area contributed by atoms with Crippen LogP contribution < -0.4 is 5.32 Å². The topological polar surface area (TPSA) is 55.4 Å². The quantitative estimate of drug-likeness (QED) is 0.703. The Hall–Kier alpha value is -0.900. The van der Waals surface area contributed by atoms with E-state index in [0.29, 0.717) is 18.6 Å². The predicted octanol–water partition coefficient (Wildman–Crippen LogP) is 1.43. The molecule has 2 saturated heterocycles. The third kappa shape index (κ3) is 3.28. The Balaban J connectivity index is 1.96. The van der Waals surface area contributed by atoms with Crippen molar-refractivity contribution in [2.45, 2.75) is 64.1 Å². The van der Waals surface area contributed by atoms with Crippen molar-refractivity contribution in [3.63, 3.8) is 0 Å². The van der Waals surface area contributed by atoms with E-state index in [0.717, 1.165) is 12.8 Å². The molecule has 2 fully saturated rings. The van der Waals surface area contributed by atoms with Crippen molar-refractivity contribution in [2.75, 3.05) is 0 Å². The van der Waals surface area contributed by atoms with Crippen LogP contribution in [0.4, 0.5) is 0 Å². The molecule has 0 aromatic rings. The number of esters is 1. The van der Waals surface area contributed by atoms with Gasteiger partial charge in [-0.25, -0.2) is 0 Å². The van der Waals surface area contributed by atoms with Gasteiger partial charge >= 0.3 is 5.97 Å². The number of Topliss-reactive ketones (excluding diaryl/α,β-unsaturated/α-hetero) is 1. The number of fused-ring (bicyclic) bond motifs is 2. The molecule has 0 saturated carbocycles. The van der Waals surface area contributed by atoms with Gasteiger partial charge in [0, 0.05) is 24.9 Å². The fourth-order valence-electron chi connectivity index (χ4n) is 2.75. The summed E-state index contributed by atoms with van der Waals surface area (Å²) in [5, 5.41) is 3.40. The smallest absolute Gasteiger partial charge is 0.309 e. The second kappa shape index (κ2) is 4.41. The van der Waals surface area contributed by atoms with Crippen LogP contribution in [0.3, 0.4) is 0 Å². The van der Waals surface area contributed by atoms with Crippen molar-refractivity contribution in [2.24, 2.45) is 5.92 Å². The van der Waals surface area contributed by atoms with E-state index in [1.807, 2.05) is 20.8 Å². The molecule has 2 heterocycles. The van der Waals surface area contributed by atoms with Crippen LogP contribution in [0.1, 0.15) is 46.5 Å². The lowest BCUT2D eigenvalue weighted by atomic mass is 9.80. The Morgan fingerprint density at radius 3 is 2.24 bits per heavy atom. The highest BCUT2D eigenvalue weighted by Gasteiger charge is 2.39. The molecule has 2 bridgehead atoms. The summed E-state index contributed by atoms with van der Waals surface area (Å²) >= 11 is 0. The largest absolute Gasteiger partial charge is 0.460 e. The Labute approximate surface area is 102 Å². The van der Waals surface area contributed by atoms with Gasteiger partial charge < -0.3 is 10.1 Å². The Bertz CT molecular complexity index is 316. The van der Waals surface area contributed by atoms with E-state index in [-0.39, 0.29) is 24.0 Å². The van der Waals surface area contributed by atoms with E-state index in [1.165, 1.54) is 0 Å². The number of hydrogen-bond acceptors (Lipinski definition) is 4. The normalized spacial score (nSPS) is 33.4. The number of ether oxygens (including phenoxy) is 1. The Morgan fingerprint density at radius 1 is 1.24 bits per heavy atom. The molecule has 17 heavy (non-hydrogen) atoms. The minimum atomic E-state index is -0.424. The highest BCUT2D eigenvalue weighted by Crippen LogP contribution is 2.30. The predicted molar refractivity (Wildman–Crippen MR) is 63.5 cm³/mol. The molecule has 3 atom stereocenters. The second-order valence-electron chi connectivity index (χ2n) is 6.21. The summed E-state index contributed by atoms with van der Waals surface area (Å²) in [6.07, 6.45) is 2.60. The Morgan fingerprint density at radius 2 is 1.76 bits per heavy atom. The van der Waals surface area contributed by atoms with Gasteiger partial charge in [0.1, 0.15) is 11.4 Å². The van der Waals surface area contributed by atoms with E-state index >= 15 is 0 Å². The van der Waals surface area contributed by atoms with Gasteiger partial charge in [0.25, 0.3) is 0 Å². The van der Waals surface area contributed by atoms with Crippen LogP contribution in [0.25, 0.3) is 0 Å². The van der Waals surface area contributed by atoms with E-state index in [9.17, 15) is 9.59 Å². The summed E-state index contributed by atoms with van der Waals surface area (Å²) in [6.45, 7) is 5.66. The zero-order chi connectivity index (χ0) is 12.6. The van der Waals surface area contributed by atoms with Gasteiger partial charge in [0.05, 0.1) is 5.92 Å². The van der Waals surface area contributed by atoms with Gasteiger partial charge in [0.2, 0.25) is 0 Å². The second-order valence-corrected chi connectivity index (χ2v) is 6.21. The van der Waals surface area contributed by atoms with Gasteiger partial charge in [-0.1, -0.05) is 0 Å². The maximum absolute atomic E-state index is 12.0. The number of nitrogens with one attached hydrogen (secondary N) is 1. The standard InChI is InChI=1S/C13H21NO3/c1-13(2,3)17-12(16)8-4-9-6-11(15)7-10(5-8)14-9/h8-10,14H,4-7H2,1-3H3/t8?,9-,10+. The lowest BCUT2D eigenvalue weighted by molar-refractivity contribution is -0.162. The zero-order valence-electron chi connectivity index (χ0n) is 10.8. The lowest BCUT2D eigenvalue weighted by Gasteiger charge is -2.39. The minimum Gasteiger partial charge on any atom is -0.460 e. The van der Waals surface area contributed by atoms with Gasteiger partial charge in [-0.2, -0.15) is 0 Å². The lowest BCUT2D eigenvalue weighted by Crippen LogP contribution is -2.53. The molecule has 2 rings (SSSR count). The van der Waals surface area contributed by atoms with Crippen molar-refractivity contribution >= 4 is 11.8 Å². The fraction of sp³-hybridized carbons (Fsp3) is 0.846. The molecule has 0 aromatic heterocycles. The highest BCUT2D eigenvalue weighted by atomic mass is 16.6. The summed E-state index contributed by atoms with van der Waals surface area (Å²) < 4.78 is 5.42. The number of carbonyl (C=O) groups excluding carboxylic acids is 2. The summed E-state index contributed by atoms with van der Waals surface area (Å²) in [5.41, 5.74) is -0.424. The average Bonchev–Trinajstić information content (AvgIpc) is 2.12. The van der Waals surface area contributed by atoms with Gasteiger partial charge in [0.15, 0.2) is 0 Å². The minimum absolute atomic E-state index is 0.0430. The van der Waals surface area contributed by atoms with E-state index < -0.39 is 5.60 Å². The first-order chi connectivity index (χ1) is 7.83. The molecular weight excluding hydrogens is 218 g/mol. The molecule has 0 aliphatic carbocycles. The molecule has 2 aliphatic rings. The van der Waals surface area contributed by atoms with Crippen LogP contribution in [0.15, 0.2) is 0 Å². The molecule has 4 heteroatoms. The SMILES string of the molecule is CC(C)(C)OC(=O)C1C[C@H]2CC(=O)C[C@@H](C1)N2. The van der Waals surface area contributed by atoms with Gasteiger partial charge in [-0.3, -0.25) is 9.59 Å². The summed E-state index contributed by atoms with van der Waals surface area (Å²) in [4.78, 5) is 23.4. The fourth-order valence-corrected chi connectivity index (χ4v) is 2.75. The third-order valence-electron chi connectivity index (χ3n) is 3.30. The molecular formula is C13H21NO3. The number of piperidine rings is 2. The number of ketones is 1. The van der Waals surface area contributed by atoms with Gasteiger partial charge in [-0.15, -0.1) is 0 Å². The third-order valence-corrected chi connectivity index (χ3v) is 3.30.